The number of benzene rings is 2. The Balaban J connectivity index is 1.84. The summed E-state index contributed by atoms with van der Waals surface area (Å²) in [6.45, 7) is 10.6. The molecule has 1 unspecified atom stereocenters. The second-order valence-corrected chi connectivity index (χ2v) is 11.0. The molecule has 6 nitrogen and oxygen atoms in total. The van der Waals surface area contributed by atoms with Gasteiger partial charge in [-0.2, -0.15) is 0 Å². The van der Waals surface area contributed by atoms with Gasteiger partial charge in [-0.05, 0) is 56.5 Å². The first kappa shape index (κ1) is 23.9. The molecule has 1 aliphatic heterocycles. The molecule has 172 valence electrons. The summed E-state index contributed by atoms with van der Waals surface area (Å²) in [6, 6.07) is 13.9. The van der Waals surface area contributed by atoms with Gasteiger partial charge in [-0.15, -0.1) is 0 Å². The van der Waals surface area contributed by atoms with Crippen molar-refractivity contribution in [2.45, 2.75) is 39.3 Å². The highest BCUT2D eigenvalue weighted by molar-refractivity contribution is 7.91. The third-order valence-electron chi connectivity index (χ3n) is 5.83. The van der Waals surface area contributed by atoms with Crippen molar-refractivity contribution in [2.75, 3.05) is 29.6 Å². The van der Waals surface area contributed by atoms with E-state index >= 15 is 0 Å². The van der Waals surface area contributed by atoms with Gasteiger partial charge in [0.25, 0.3) is 0 Å². The van der Waals surface area contributed by atoms with Crippen LogP contribution in [-0.4, -0.2) is 44.5 Å². The molecule has 7 heteroatoms. The Morgan fingerprint density at radius 2 is 1.97 bits per heavy atom. The summed E-state index contributed by atoms with van der Waals surface area (Å²) in [5.74, 6) is 0.634. The van der Waals surface area contributed by atoms with Gasteiger partial charge in [0.1, 0.15) is 12.4 Å². The largest absolute Gasteiger partial charge is 0.489 e. The molecule has 1 fully saturated rings. The lowest BCUT2D eigenvalue weighted by Crippen LogP contribution is -2.50. The number of nitrogens with zero attached hydrogens (tertiary/aromatic N) is 1. The average Bonchev–Trinajstić information content (AvgIpc) is 3.01. The second kappa shape index (κ2) is 9.77. The number of anilines is 1. The maximum Gasteiger partial charge on any atom is 0.239 e. The molecule has 0 aliphatic carbocycles. The van der Waals surface area contributed by atoms with Gasteiger partial charge in [0.15, 0.2) is 9.84 Å². The smallest absolute Gasteiger partial charge is 0.239 e. The molecule has 1 atom stereocenters. The van der Waals surface area contributed by atoms with E-state index in [2.05, 4.69) is 24.9 Å². The van der Waals surface area contributed by atoms with Gasteiger partial charge in [-0.25, -0.2) is 8.42 Å². The number of nitrogens with one attached hydrogen (secondary N) is 1. The maximum atomic E-state index is 13.0. The van der Waals surface area contributed by atoms with Crippen LogP contribution >= 0.6 is 0 Å². The Hall–Kier alpha value is -2.80. The minimum absolute atomic E-state index is 0.0202. The first-order chi connectivity index (χ1) is 15.1. The highest BCUT2D eigenvalue weighted by Gasteiger charge is 2.39. The summed E-state index contributed by atoms with van der Waals surface area (Å²) >= 11 is 0. The molecule has 1 amide bonds. The second-order valence-electron chi connectivity index (χ2n) is 8.78. The summed E-state index contributed by atoms with van der Waals surface area (Å²) in [5, 5.41) is 2.97. The van der Waals surface area contributed by atoms with E-state index < -0.39 is 15.4 Å². The van der Waals surface area contributed by atoms with Crippen molar-refractivity contribution >= 4 is 21.4 Å². The molecule has 1 saturated heterocycles. The molecule has 32 heavy (non-hydrogen) atoms. The summed E-state index contributed by atoms with van der Waals surface area (Å²) in [4.78, 5) is 15.0. The molecule has 0 saturated carbocycles. The third kappa shape index (κ3) is 6.13. The van der Waals surface area contributed by atoms with Gasteiger partial charge in [0.05, 0.1) is 23.6 Å². The van der Waals surface area contributed by atoms with Crippen molar-refractivity contribution in [3.63, 3.8) is 0 Å². The lowest BCUT2D eigenvalue weighted by atomic mass is 10.0. The van der Waals surface area contributed by atoms with Crippen molar-refractivity contribution in [3.05, 3.63) is 71.8 Å². The topological polar surface area (TPSA) is 75.7 Å². The molecule has 3 rings (SSSR count). The van der Waals surface area contributed by atoms with Crippen LogP contribution < -0.4 is 15.0 Å². The zero-order chi connectivity index (χ0) is 23.4. The Labute approximate surface area is 191 Å². The predicted octanol–water partition coefficient (Wildman–Crippen LogP) is 3.57. The van der Waals surface area contributed by atoms with Crippen LogP contribution in [-0.2, 0) is 21.2 Å². The lowest BCUT2D eigenvalue weighted by molar-refractivity contribution is -0.121. The van der Waals surface area contributed by atoms with Crippen LogP contribution in [0.5, 0.6) is 5.75 Å². The monoisotopic (exact) mass is 456 g/mol. The molecule has 2 aromatic carbocycles. The molecule has 0 aromatic heterocycles. The number of aryl methyl sites for hydroxylation is 2. The molecule has 1 N–H and O–H groups in total. The van der Waals surface area contributed by atoms with E-state index in [-0.39, 0.29) is 24.0 Å². The first-order valence-corrected chi connectivity index (χ1v) is 12.6. The molecule has 0 spiro atoms. The standard InChI is InChI=1S/C25H32N2O4S/c1-5-13-31-23-9-7-6-8-21(23)16-27(22-11-10-19(2)20(3)15-22)17-24(28)26-25(4)12-14-32(29,30)18-25/h5-11,15H,1,12-14,16-18H2,2-4H3,(H,26,28). The average molecular weight is 457 g/mol. The number of ether oxygens (including phenoxy) is 1. The predicted molar refractivity (Wildman–Crippen MR) is 129 cm³/mol. The van der Waals surface area contributed by atoms with Crippen LogP contribution in [0, 0.1) is 13.8 Å². The third-order valence-corrected chi connectivity index (χ3v) is 7.73. The van der Waals surface area contributed by atoms with Gasteiger partial charge >= 0.3 is 0 Å². The van der Waals surface area contributed by atoms with Crippen molar-refractivity contribution < 1.29 is 17.9 Å². The van der Waals surface area contributed by atoms with Crippen LogP contribution in [0.2, 0.25) is 0 Å². The van der Waals surface area contributed by atoms with Crippen molar-refractivity contribution in [3.8, 4) is 5.75 Å². The number of hydrogen-bond acceptors (Lipinski definition) is 5. The van der Waals surface area contributed by atoms with Crippen molar-refractivity contribution in [2.24, 2.45) is 0 Å². The van der Waals surface area contributed by atoms with E-state index in [1.54, 1.807) is 13.0 Å². The number of para-hydroxylation sites is 1. The Bertz CT molecular complexity index is 1100. The summed E-state index contributed by atoms with van der Waals surface area (Å²) in [5.41, 5.74) is 3.46. The van der Waals surface area contributed by atoms with Crippen LogP contribution in [0.25, 0.3) is 0 Å². The minimum Gasteiger partial charge on any atom is -0.489 e. The number of sulfone groups is 1. The molecule has 0 bridgehead atoms. The molecule has 1 heterocycles. The van der Waals surface area contributed by atoms with E-state index in [0.29, 0.717) is 19.6 Å². The summed E-state index contributed by atoms with van der Waals surface area (Å²) in [6.07, 6.45) is 2.13. The van der Waals surface area contributed by atoms with E-state index in [1.165, 1.54) is 5.56 Å². The fourth-order valence-corrected chi connectivity index (χ4v) is 6.04. The normalized spacial score (nSPS) is 19.3. The summed E-state index contributed by atoms with van der Waals surface area (Å²) < 4.78 is 29.7. The first-order valence-electron chi connectivity index (χ1n) is 10.8. The Morgan fingerprint density at radius 3 is 2.62 bits per heavy atom. The minimum atomic E-state index is -3.11. The van der Waals surface area contributed by atoms with E-state index in [4.69, 9.17) is 4.74 Å². The molecule has 2 aromatic rings. The fraction of sp³-hybridized carbons (Fsp3) is 0.400. The fourth-order valence-electron chi connectivity index (χ4n) is 3.95. The molecular weight excluding hydrogens is 424 g/mol. The summed E-state index contributed by atoms with van der Waals surface area (Å²) in [7, 11) is -3.11. The van der Waals surface area contributed by atoms with E-state index in [0.717, 1.165) is 22.6 Å². The van der Waals surface area contributed by atoms with Gasteiger partial charge in [-0.1, -0.05) is 36.9 Å². The van der Waals surface area contributed by atoms with Gasteiger partial charge in [-0.3, -0.25) is 4.79 Å². The number of carbonyl (C=O) groups excluding carboxylic acids is 1. The van der Waals surface area contributed by atoms with Crippen molar-refractivity contribution in [1.29, 1.82) is 0 Å². The number of hydrogen-bond donors (Lipinski definition) is 1. The zero-order valence-corrected chi connectivity index (χ0v) is 19.9. The van der Waals surface area contributed by atoms with E-state index in [1.807, 2.05) is 48.2 Å². The highest BCUT2D eigenvalue weighted by Crippen LogP contribution is 2.26. The van der Waals surface area contributed by atoms with Crippen LogP contribution in [0.3, 0.4) is 0 Å². The van der Waals surface area contributed by atoms with E-state index in [9.17, 15) is 13.2 Å². The van der Waals surface area contributed by atoms with Gasteiger partial charge in [0, 0.05) is 17.8 Å². The van der Waals surface area contributed by atoms with Gasteiger partial charge < -0.3 is 15.0 Å². The lowest BCUT2D eigenvalue weighted by Gasteiger charge is -2.29. The quantitative estimate of drug-likeness (QED) is 0.584. The van der Waals surface area contributed by atoms with Crippen LogP contribution in [0.15, 0.2) is 55.1 Å². The highest BCUT2D eigenvalue weighted by atomic mass is 32.2. The number of rotatable bonds is 9. The zero-order valence-electron chi connectivity index (χ0n) is 19.1. The molecule has 0 radical (unpaired) electrons. The maximum absolute atomic E-state index is 13.0. The Morgan fingerprint density at radius 1 is 1.22 bits per heavy atom. The Kier molecular flexibility index (Phi) is 7.29. The van der Waals surface area contributed by atoms with Crippen molar-refractivity contribution in [1.82, 2.24) is 5.32 Å². The molecular formula is C25H32N2O4S. The number of amides is 1. The number of carbonyl (C=O) groups is 1. The SMILES string of the molecule is C=CCOc1ccccc1CN(CC(=O)NC1(C)CCS(=O)(=O)C1)c1ccc(C)c(C)c1. The molecule has 1 aliphatic rings. The van der Waals surface area contributed by atoms with Crippen LogP contribution in [0.1, 0.15) is 30.0 Å². The van der Waals surface area contributed by atoms with Crippen LogP contribution in [0.4, 0.5) is 5.69 Å². The van der Waals surface area contributed by atoms with Gasteiger partial charge in [0.2, 0.25) is 5.91 Å².